The molecule has 7 heteroatoms. The van der Waals surface area contributed by atoms with E-state index in [-0.39, 0.29) is 0 Å². The molecule has 0 spiro atoms. The van der Waals surface area contributed by atoms with E-state index in [0.717, 1.165) is 72.5 Å². The maximum absolute atomic E-state index is 11.7. The van der Waals surface area contributed by atoms with Crippen LogP contribution in [0.1, 0.15) is 24.8 Å². The second kappa shape index (κ2) is 10.1. The van der Waals surface area contributed by atoms with Gasteiger partial charge >= 0.3 is 0 Å². The summed E-state index contributed by atoms with van der Waals surface area (Å²) in [5.74, 6) is 0.308. The van der Waals surface area contributed by atoms with E-state index in [2.05, 4.69) is 75.2 Å². The van der Waals surface area contributed by atoms with E-state index in [1.807, 2.05) is 23.4 Å². The molecule has 1 amide bonds. The van der Waals surface area contributed by atoms with Gasteiger partial charge in [0.15, 0.2) is 0 Å². The number of pyridine rings is 1. The normalized spacial score (nSPS) is 13.8. The van der Waals surface area contributed by atoms with Gasteiger partial charge in [0.2, 0.25) is 5.91 Å². The highest BCUT2D eigenvalue weighted by atomic mass is 32.1. The van der Waals surface area contributed by atoms with Crippen LogP contribution < -0.4 is 10.6 Å². The zero-order chi connectivity index (χ0) is 24.3. The van der Waals surface area contributed by atoms with E-state index in [1.54, 1.807) is 11.3 Å². The van der Waals surface area contributed by atoms with Crippen molar-refractivity contribution >= 4 is 49.7 Å². The van der Waals surface area contributed by atoms with Crippen molar-refractivity contribution in [3.05, 3.63) is 78.6 Å². The Labute approximate surface area is 214 Å². The van der Waals surface area contributed by atoms with Crippen LogP contribution in [-0.2, 0) is 11.3 Å². The lowest BCUT2D eigenvalue weighted by molar-refractivity contribution is -0.127. The predicted molar refractivity (Wildman–Crippen MR) is 149 cm³/mol. The second-order valence-corrected chi connectivity index (χ2v) is 10.4. The third kappa shape index (κ3) is 4.85. The Morgan fingerprint density at radius 1 is 1.06 bits per heavy atom. The summed E-state index contributed by atoms with van der Waals surface area (Å²) >= 11 is 1.77. The third-order valence-electron chi connectivity index (χ3n) is 6.76. The molecule has 3 N–H and O–H groups in total. The van der Waals surface area contributed by atoms with Crippen molar-refractivity contribution in [2.45, 2.75) is 25.8 Å². The van der Waals surface area contributed by atoms with Crippen LogP contribution in [0.4, 0.5) is 11.4 Å². The number of benzene rings is 2. The standard InChI is InChI=1S/C29H29N5OS/c35-28-3-1-15-34(28)16-2-12-30-19-20-4-6-21(7-5-20)27-18-26-29(36-27)25(11-14-32-26)33-23-8-9-24-22(17-23)10-13-31-24/h4-11,13-14,17-18,30-31H,1-3,12,15-16,19H2,(H,32,33). The van der Waals surface area contributed by atoms with Gasteiger partial charge in [-0.2, -0.15) is 0 Å². The van der Waals surface area contributed by atoms with E-state index >= 15 is 0 Å². The summed E-state index contributed by atoms with van der Waals surface area (Å²) in [6, 6.07) is 21.4. The summed E-state index contributed by atoms with van der Waals surface area (Å²) in [7, 11) is 0. The first-order valence-corrected chi connectivity index (χ1v) is 13.4. The first-order chi connectivity index (χ1) is 17.7. The highest BCUT2D eigenvalue weighted by Gasteiger charge is 2.18. The number of nitrogens with zero attached hydrogens (tertiary/aromatic N) is 2. The first-order valence-electron chi connectivity index (χ1n) is 12.5. The molecule has 1 aliphatic rings. The number of aromatic nitrogens is 2. The summed E-state index contributed by atoms with van der Waals surface area (Å²) in [6.07, 6.45) is 6.55. The number of thiophene rings is 1. The molecular formula is C29H29N5OS. The molecule has 0 saturated carbocycles. The number of carbonyl (C=O) groups excluding carboxylic acids is 1. The van der Waals surface area contributed by atoms with Gasteiger partial charge in [-0.25, -0.2) is 0 Å². The minimum Gasteiger partial charge on any atom is -0.361 e. The number of hydrogen-bond donors (Lipinski definition) is 3. The number of amides is 1. The van der Waals surface area contributed by atoms with Crippen LogP contribution in [0.25, 0.3) is 31.6 Å². The molecule has 1 saturated heterocycles. The molecule has 0 radical (unpaired) electrons. The maximum atomic E-state index is 11.7. The number of anilines is 2. The van der Waals surface area contributed by atoms with E-state index in [1.165, 1.54) is 21.4 Å². The molecule has 1 fully saturated rings. The van der Waals surface area contributed by atoms with E-state index in [4.69, 9.17) is 0 Å². The van der Waals surface area contributed by atoms with Crippen LogP contribution in [0.3, 0.4) is 0 Å². The lowest BCUT2D eigenvalue weighted by Crippen LogP contribution is -2.28. The minimum atomic E-state index is 0.308. The number of hydrogen-bond acceptors (Lipinski definition) is 5. The lowest BCUT2D eigenvalue weighted by atomic mass is 10.1. The zero-order valence-corrected chi connectivity index (χ0v) is 20.9. The molecule has 36 heavy (non-hydrogen) atoms. The van der Waals surface area contributed by atoms with E-state index in [9.17, 15) is 4.79 Å². The van der Waals surface area contributed by atoms with Gasteiger partial charge in [-0.3, -0.25) is 9.78 Å². The van der Waals surface area contributed by atoms with Gasteiger partial charge in [0, 0.05) is 59.9 Å². The fourth-order valence-corrected chi connectivity index (χ4v) is 5.91. The number of aromatic amines is 1. The van der Waals surface area contributed by atoms with Gasteiger partial charge < -0.3 is 20.5 Å². The Bertz CT molecular complexity index is 1500. The Balaban J connectivity index is 1.10. The van der Waals surface area contributed by atoms with Crippen LogP contribution >= 0.6 is 11.3 Å². The van der Waals surface area contributed by atoms with Gasteiger partial charge in [-0.1, -0.05) is 24.3 Å². The third-order valence-corrected chi connectivity index (χ3v) is 7.97. The molecule has 0 bridgehead atoms. The lowest BCUT2D eigenvalue weighted by Gasteiger charge is -2.15. The Morgan fingerprint density at radius 3 is 2.83 bits per heavy atom. The second-order valence-electron chi connectivity index (χ2n) is 9.30. The number of fused-ring (bicyclic) bond motifs is 2. The minimum absolute atomic E-state index is 0.308. The van der Waals surface area contributed by atoms with Crippen LogP contribution in [0.15, 0.2) is 73.1 Å². The molecule has 4 heterocycles. The topological polar surface area (TPSA) is 73.1 Å². The zero-order valence-electron chi connectivity index (χ0n) is 20.1. The highest BCUT2D eigenvalue weighted by Crippen LogP contribution is 2.37. The van der Waals surface area contributed by atoms with Crippen molar-refractivity contribution in [1.82, 2.24) is 20.2 Å². The quantitative estimate of drug-likeness (QED) is 0.210. The molecule has 5 aromatic rings. The van der Waals surface area contributed by atoms with Crippen molar-refractivity contribution in [3.8, 4) is 10.4 Å². The molecule has 3 aromatic heterocycles. The van der Waals surface area contributed by atoms with E-state index in [0.29, 0.717) is 5.91 Å². The number of carbonyl (C=O) groups is 1. The first kappa shape index (κ1) is 22.8. The van der Waals surface area contributed by atoms with Crippen LogP contribution in [-0.4, -0.2) is 40.4 Å². The molecule has 182 valence electrons. The SMILES string of the molecule is O=C1CCCN1CCCNCc1ccc(-c2cc3nccc(Nc4ccc5[nH]ccc5c4)c3s2)cc1. The number of nitrogens with one attached hydrogen (secondary N) is 3. The Hall–Kier alpha value is -3.68. The van der Waals surface area contributed by atoms with Gasteiger partial charge in [-0.15, -0.1) is 11.3 Å². The molecule has 1 aliphatic heterocycles. The average Bonchev–Trinajstić information content (AvgIpc) is 3.64. The van der Waals surface area contributed by atoms with Gasteiger partial charge in [0.25, 0.3) is 0 Å². The Kier molecular flexibility index (Phi) is 6.40. The van der Waals surface area contributed by atoms with Crippen LogP contribution in [0.2, 0.25) is 0 Å². The molecule has 0 atom stereocenters. The molecule has 6 rings (SSSR count). The smallest absolute Gasteiger partial charge is 0.222 e. The van der Waals surface area contributed by atoms with Gasteiger partial charge in [0.1, 0.15) is 0 Å². The molecule has 2 aromatic carbocycles. The van der Waals surface area contributed by atoms with E-state index < -0.39 is 0 Å². The molecular weight excluding hydrogens is 466 g/mol. The van der Waals surface area contributed by atoms with Gasteiger partial charge in [-0.05, 0) is 66.9 Å². The molecule has 0 unspecified atom stereocenters. The van der Waals surface area contributed by atoms with Crippen LogP contribution in [0, 0.1) is 0 Å². The summed E-state index contributed by atoms with van der Waals surface area (Å²) in [6.45, 7) is 3.54. The number of rotatable bonds is 9. The summed E-state index contributed by atoms with van der Waals surface area (Å²) in [4.78, 5) is 22.7. The molecule has 0 aliphatic carbocycles. The van der Waals surface area contributed by atoms with Crippen molar-refractivity contribution in [1.29, 1.82) is 0 Å². The highest BCUT2D eigenvalue weighted by molar-refractivity contribution is 7.22. The van der Waals surface area contributed by atoms with Crippen molar-refractivity contribution < 1.29 is 4.79 Å². The largest absolute Gasteiger partial charge is 0.361 e. The monoisotopic (exact) mass is 495 g/mol. The van der Waals surface area contributed by atoms with Crippen molar-refractivity contribution in [3.63, 3.8) is 0 Å². The van der Waals surface area contributed by atoms with Crippen molar-refractivity contribution in [2.75, 3.05) is 25.0 Å². The average molecular weight is 496 g/mol. The fourth-order valence-electron chi connectivity index (χ4n) is 4.82. The number of likely N-dealkylation sites (tertiary alicyclic amines) is 1. The summed E-state index contributed by atoms with van der Waals surface area (Å²) < 4.78 is 1.16. The van der Waals surface area contributed by atoms with Crippen molar-refractivity contribution in [2.24, 2.45) is 0 Å². The Morgan fingerprint density at radius 2 is 1.97 bits per heavy atom. The van der Waals surface area contributed by atoms with Crippen LogP contribution in [0.5, 0.6) is 0 Å². The fraction of sp³-hybridized carbons (Fsp3) is 0.241. The molecule has 6 nitrogen and oxygen atoms in total. The van der Waals surface area contributed by atoms with Gasteiger partial charge in [0.05, 0.1) is 15.9 Å². The predicted octanol–water partition coefficient (Wildman–Crippen LogP) is 6.29. The summed E-state index contributed by atoms with van der Waals surface area (Å²) in [5.41, 5.74) is 6.74. The summed E-state index contributed by atoms with van der Waals surface area (Å²) in [5, 5.41) is 8.28. The number of H-pyrrole nitrogens is 1. The maximum Gasteiger partial charge on any atom is 0.222 e.